The predicted molar refractivity (Wildman–Crippen MR) is 117 cm³/mol. The molecular formula is C23H27N5O3. The van der Waals surface area contributed by atoms with E-state index in [2.05, 4.69) is 32.2 Å². The van der Waals surface area contributed by atoms with E-state index in [1.165, 1.54) is 11.1 Å². The van der Waals surface area contributed by atoms with E-state index in [1.54, 1.807) is 20.4 Å². The number of nitrogens with zero attached hydrogens (tertiary/aromatic N) is 5. The molecule has 0 radical (unpaired) electrons. The van der Waals surface area contributed by atoms with Gasteiger partial charge in [-0.05, 0) is 54.7 Å². The van der Waals surface area contributed by atoms with Gasteiger partial charge in [-0.1, -0.05) is 0 Å². The van der Waals surface area contributed by atoms with E-state index in [0.717, 1.165) is 67.8 Å². The number of anilines is 1. The molecule has 2 aliphatic rings. The van der Waals surface area contributed by atoms with E-state index in [0.29, 0.717) is 0 Å². The molecule has 0 bridgehead atoms. The molecule has 2 aromatic heterocycles. The van der Waals surface area contributed by atoms with E-state index in [9.17, 15) is 0 Å². The van der Waals surface area contributed by atoms with Crippen LogP contribution in [0, 0.1) is 0 Å². The maximum atomic E-state index is 6.40. The number of hydrogen-bond donors (Lipinski definition) is 0. The highest BCUT2D eigenvalue weighted by Crippen LogP contribution is 2.45. The number of methoxy groups -OCH3 is 2. The van der Waals surface area contributed by atoms with Crippen LogP contribution in [-0.2, 0) is 23.8 Å². The summed E-state index contributed by atoms with van der Waals surface area (Å²) in [6, 6.07) is 8.22. The third-order valence-corrected chi connectivity index (χ3v) is 6.45. The van der Waals surface area contributed by atoms with Crippen molar-refractivity contribution < 1.29 is 14.2 Å². The van der Waals surface area contributed by atoms with Crippen LogP contribution in [0.25, 0.3) is 11.5 Å². The Labute approximate surface area is 181 Å². The SMILES string of the molecule is COc1cc2c(cc1OC)C1(CCN(c3ccc(-c4nccn4C)nn3)CC1)OCC2. The Bertz CT molecular complexity index is 1070. The van der Waals surface area contributed by atoms with E-state index >= 15 is 0 Å². The summed E-state index contributed by atoms with van der Waals surface area (Å²) in [7, 11) is 5.31. The fourth-order valence-electron chi connectivity index (χ4n) is 4.72. The molecule has 3 aromatic rings. The highest BCUT2D eigenvalue weighted by molar-refractivity contribution is 5.53. The summed E-state index contributed by atoms with van der Waals surface area (Å²) < 4.78 is 19.4. The van der Waals surface area contributed by atoms with Gasteiger partial charge in [0.1, 0.15) is 5.69 Å². The fourth-order valence-corrected chi connectivity index (χ4v) is 4.72. The topological polar surface area (TPSA) is 74.5 Å². The molecule has 2 aliphatic heterocycles. The molecule has 0 unspecified atom stereocenters. The number of piperidine rings is 1. The lowest BCUT2D eigenvalue weighted by molar-refractivity contribution is -0.0768. The van der Waals surface area contributed by atoms with Crippen LogP contribution in [0.2, 0.25) is 0 Å². The molecule has 1 aromatic carbocycles. The van der Waals surface area contributed by atoms with Gasteiger partial charge in [0.25, 0.3) is 0 Å². The van der Waals surface area contributed by atoms with Gasteiger partial charge >= 0.3 is 0 Å². The lowest BCUT2D eigenvalue weighted by Gasteiger charge is -2.45. The second-order valence-electron chi connectivity index (χ2n) is 8.08. The van der Waals surface area contributed by atoms with Crippen molar-refractivity contribution >= 4 is 5.82 Å². The largest absolute Gasteiger partial charge is 0.493 e. The molecule has 8 heteroatoms. The van der Waals surface area contributed by atoms with Gasteiger partial charge in [0, 0.05) is 32.5 Å². The Balaban J connectivity index is 1.36. The number of rotatable bonds is 4. The van der Waals surface area contributed by atoms with Gasteiger partial charge in [-0.25, -0.2) is 4.98 Å². The average molecular weight is 422 g/mol. The molecule has 0 atom stereocenters. The van der Waals surface area contributed by atoms with Gasteiger partial charge < -0.3 is 23.7 Å². The predicted octanol–water partition coefficient (Wildman–Crippen LogP) is 2.96. The third-order valence-electron chi connectivity index (χ3n) is 6.45. The van der Waals surface area contributed by atoms with Crippen molar-refractivity contribution in [3.05, 3.63) is 47.8 Å². The Morgan fingerprint density at radius 1 is 1.03 bits per heavy atom. The minimum absolute atomic E-state index is 0.288. The van der Waals surface area contributed by atoms with Crippen molar-refractivity contribution in [2.24, 2.45) is 7.05 Å². The number of aromatic nitrogens is 4. The molecule has 0 amide bonds. The number of ether oxygens (including phenoxy) is 3. The highest BCUT2D eigenvalue weighted by Gasteiger charge is 2.41. The van der Waals surface area contributed by atoms with Crippen LogP contribution in [0.1, 0.15) is 24.0 Å². The van der Waals surface area contributed by atoms with E-state index in [1.807, 2.05) is 29.9 Å². The summed E-state index contributed by atoms with van der Waals surface area (Å²) in [6.45, 7) is 2.43. The van der Waals surface area contributed by atoms with Crippen molar-refractivity contribution in [1.82, 2.24) is 19.7 Å². The zero-order chi connectivity index (χ0) is 21.4. The van der Waals surface area contributed by atoms with Gasteiger partial charge in [0.2, 0.25) is 0 Å². The van der Waals surface area contributed by atoms with Crippen LogP contribution in [0.4, 0.5) is 5.82 Å². The van der Waals surface area contributed by atoms with Crippen molar-refractivity contribution in [3.63, 3.8) is 0 Å². The third kappa shape index (κ3) is 3.40. The van der Waals surface area contributed by atoms with Crippen molar-refractivity contribution in [2.45, 2.75) is 24.9 Å². The van der Waals surface area contributed by atoms with Gasteiger partial charge in [-0.15, -0.1) is 10.2 Å². The molecular weight excluding hydrogens is 394 g/mol. The Hall–Kier alpha value is -3.13. The maximum Gasteiger partial charge on any atom is 0.161 e. The van der Waals surface area contributed by atoms with Gasteiger partial charge in [0.15, 0.2) is 23.1 Å². The molecule has 1 fully saturated rings. The van der Waals surface area contributed by atoms with Gasteiger partial charge in [-0.3, -0.25) is 0 Å². The van der Waals surface area contributed by atoms with Crippen molar-refractivity contribution in [2.75, 3.05) is 38.8 Å². The van der Waals surface area contributed by atoms with Crippen LogP contribution in [-0.4, -0.2) is 53.7 Å². The van der Waals surface area contributed by atoms with E-state index in [4.69, 9.17) is 14.2 Å². The fraction of sp³-hybridized carbons (Fsp3) is 0.435. The second kappa shape index (κ2) is 7.85. The van der Waals surface area contributed by atoms with E-state index in [-0.39, 0.29) is 5.60 Å². The highest BCUT2D eigenvalue weighted by atomic mass is 16.5. The van der Waals surface area contributed by atoms with Crippen LogP contribution < -0.4 is 14.4 Å². The molecule has 1 spiro atoms. The first-order valence-corrected chi connectivity index (χ1v) is 10.6. The quantitative estimate of drug-likeness (QED) is 0.641. The van der Waals surface area contributed by atoms with Crippen molar-refractivity contribution in [1.29, 1.82) is 0 Å². The molecule has 31 heavy (non-hydrogen) atoms. The Kier molecular flexibility index (Phi) is 5.02. The van der Waals surface area contributed by atoms with Gasteiger partial charge in [-0.2, -0.15) is 0 Å². The molecule has 0 saturated carbocycles. The smallest absolute Gasteiger partial charge is 0.161 e. The molecule has 0 N–H and O–H groups in total. The summed E-state index contributed by atoms with van der Waals surface area (Å²) in [6.07, 6.45) is 6.33. The molecule has 5 rings (SSSR count). The number of benzene rings is 1. The molecule has 1 saturated heterocycles. The minimum atomic E-state index is -0.288. The number of aryl methyl sites for hydroxylation is 1. The first kappa shape index (κ1) is 19.8. The minimum Gasteiger partial charge on any atom is -0.493 e. The number of hydrogen-bond acceptors (Lipinski definition) is 7. The summed E-state index contributed by atoms with van der Waals surface area (Å²) in [5, 5.41) is 8.87. The van der Waals surface area contributed by atoms with Gasteiger partial charge in [0.05, 0.1) is 26.4 Å². The summed E-state index contributed by atoms with van der Waals surface area (Å²) in [4.78, 5) is 6.62. The Morgan fingerprint density at radius 3 is 2.45 bits per heavy atom. The molecule has 0 aliphatic carbocycles. The summed E-state index contributed by atoms with van der Waals surface area (Å²) in [5.41, 5.74) is 3.00. The summed E-state index contributed by atoms with van der Waals surface area (Å²) >= 11 is 0. The standard InChI is InChI=1S/C23H27N5O3/c1-27-12-9-24-22(27)18-4-5-21(26-25-18)28-10-7-23(8-11-28)17-15-20(30-3)19(29-2)14-16(17)6-13-31-23/h4-5,9,12,14-15H,6-8,10-11,13H2,1-3H3. The first-order chi connectivity index (χ1) is 15.1. The average Bonchev–Trinajstić information content (AvgIpc) is 3.25. The van der Waals surface area contributed by atoms with Crippen LogP contribution in [0.5, 0.6) is 11.5 Å². The number of imidazole rings is 1. The normalized spacial score (nSPS) is 17.5. The van der Waals surface area contributed by atoms with Crippen LogP contribution >= 0.6 is 0 Å². The second-order valence-corrected chi connectivity index (χ2v) is 8.08. The Morgan fingerprint density at radius 2 is 1.81 bits per heavy atom. The molecule has 8 nitrogen and oxygen atoms in total. The van der Waals surface area contributed by atoms with E-state index < -0.39 is 0 Å². The van der Waals surface area contributed by atoms with Crippen LogP contribution in [0.3, 0.4) is 0 Å². The lowest BCUT2D eigenvalue weighted by atomic mass is 9.79. The maximum absolute atomic E-state index is 6.40. The van der Waals surface area contributed by atoms with Crippen molar-refractivity contribution in [3.8, 4) is 23.0 Å². The first-order valence-electron chi connectivity index (χ1n) is 10.6. The molecule has 4 heterocycles. The molecule has 162 valence electrons. The zero-order valence-electron chi connectivity index (χ0n) is 18.2. The zero-order valence-corrected chi connectivity index (χ0v) is 18.2. The lowest BCUT2D eigenvalue weighted by Crippen LogP contribution is -2.47. The monoisotopic (exact) mass is 421 g/mol. The van der Waals surface area contributed by atoms with Crippen LogP contribution in [0.15, 0.2) is 36.7 Å². The number of fused-ring (bicyclic) bond motifs is 2. The summed E-state index contributed by atoms with van der Waals surface area (Å²) in [5.74, 6) is 3.23.